The molecule has 0 aliphatic carbocycles. The van der Waals surface area contributed by atoms with Gasteiger partial charge in [-0.1, -0.05) is 60.2 Å². The molecule has 3 aromatic carbocycles. The molecule has 2 N–H and O–H groups in total. The van der Waals surface area contributed by atoms with E-state index in [4.69, 9.17) is 0 Å². The Kier molecular flexibility index (Phi) is 7.77. The van der Waals surface area contributed by atoms with Crippen LogP contribution in [0.15, 0.2) is 89.1 Å². The lowest BCUT2D eigenvalue weighted by atomic mass is 10.1. The van der Waals surface area contributed by atoms with Gasteiger partial charge in [0.15, 0.2) is 5.13 Å². The number of carbonyl (C=O) groups excluding carboxylic acids is 1. The minimum Gasteiger partial charge on any atom is -0.301 e. The molecule has 1 atom stereocenters. The van der Waals surface area contributed by atoms with Crippen molar-refractivity contribution in [3.05, 3.63) is 98.9 Å². The monoisotopic (exact) mass is 603 g/mol. The lowest BCUT2D eigenvalue weighted by molar-refractivity contribution is -0.117. The Morgan fingerprint density at radius 2 is 1.68 bits per heavy atom. The Morgan fingerprint density at radius 1 is 1.00 bits per heavy atom. The zero-order chi connectivity index (χ0) is 24.1. The first kappa shape index (κ1) is 24.5. The largest absolute Gasteiger partial charge is 0.301 e. The predicted molar refractivity (Wildman–Crippen MR) is 144 cm³/mol. The highest BCUT2D eigenvalue weighted by Crippen LogP contribution is 2.25. The Hall–Kier alpha value is -2.60. The molecule has 0 aliphatic rings. The first-order chi connectivity index (χ1) is 16.3. The highest BCUT2D eigenvalue weighted by molar-refractivity contribution is 14.1. The van der Waals surface area contributed by atoms with E-state index >= 15 is 0 Å². The highest BCUT2D eigenvalue weighted by Gasteiger charge is 2.27. The van der Waals surface area contributed by atoms with E-state index in [0.717, 1.165) is 26.0 Å². The van der Waals surface area contributed by atoms with E-state index in [1.165, 1.54) is 23.5 Å². The normalized spacial score (nSPS) is 12.3. The fourth-order valence-corrected chi connectivity index (χ4v) is 5.56. The molecule has 4 rings (SSSR count). The molecule has 6 nitrogen and oxygen atoms in total. The standard InChI is InChI=1S/C25H22IN3O3S2/c1-17-7-9-19(10-8-17)23-16-33-25(27-23)28-24(30)22(15-18-5-3-2-4-6-18)29-34(31,32)21-13-11-20(26)12-14-21/h2-14,16,22,29H,15H2,1H3,(H,27,28,30)/t22-/m1/s1. The third-order valence-electron chi connectivity index (χ3n) is 5.10. The Labute approximate surface area is 216 Å². The van der Waals surface area contributed by atoms with E-state index in [0.29, 0.717) is 5.13 Å². The molecular formula is C25H22IN3O3S2. The maximum atomic E-state index is 13.2. The smallest absolute Gasteiger partial charge is 0.244 e. The minimum absolute atomic E-state index is 0.106. The molecule has 0 spiro atoms. The van der Waals surface area contributed by atoms with Crippen LogP contribution < -0.4 is 10.0 Å². The average molecular weight is 604 g/mol. The van der Waals surface area contributed by atoms with Gasteiger partial charge in [0.05, 0.1) is 10.6 Å². The van der Waals surface area contributed by atoms with Gasteiger partial charge in [0.2, 0.25) is 15.9 Å². The topological polar surface area (TPSA) is 88.2 Å². The van der Waals surface area contributed by atoms with Crippen molar-refractivity contribution < 1.29 is 13.2 Å². The molecule has 4 aromatic rings. The number of thiazole rings is 1. The zero-order valence-corrected chi connectivity index (χ0v) is 22.0. The number of halogens is 1. The lowest BCUT2D eigenvalue weighted by Crippen LogP contribution is -2.45. The van der Waals surface area contributed by atoms with Gasteiger partial charge in [0, 0.05) is 14.5 Å². The quantitative estimate of drug-likeness (QED) is 0.270. The maximum Gasteiger partial charge on any atom is 0.244 e. The number of nitrogens with one attached hydrogen (secondary N) is 2. The van der Waals surface area contributed by atoms with Crippen LogP contribution in [0, 0.1) is 10.5 Å². The number of rotatable bonds is 8. The van der Waals surface area contributed by atoms with Crippen LogP contribution in [0.2, 0.25) is 0 Å². The summed E-state index contributed by atoms with van der Waals surface area (Å²) in [4.78, 5) is 17.8. The molecule has 9 heteroatoms. The number of sulfonamides is 1. The summed E-state index contributed by atoms with van der Waals surface area (Å²) in [5.41, 5.74) is 3.69. The number of aryl methyl sites for hydroxylation is 1. The van der Waals surface area contributed by atoms with Gasteiger partial charge in [0.1, 0.15) is 6.04 Å². The van der Waals surface area contributed by atoms with Crippen LogP contribution >= 0.6 is 33.9 Å². The van der Waals surface area contributed by atoms with Crippen molar-refractivity contribution in [2.24, 2.45) is 0 Å². The van der Waals surface area contributed by atoms with Crippen LogP contribution in [-0.2, 0) is 21.2 Å². The van der Waals surface area contributed by atoms with Crippen molar-refractivity contribution in [3.8, 4) is 11.3 Å². The molecule has 0 unspecified atom stereocenters. The van der Waals surface area contributed by atoms with Crippen LogP contribution in [0.4, 0.5) is 5.13 Å². The number of nitrogens with zero attached hydrogens (tertiary/aromatic N) is 1. The van der Waals surface area contributed by atoms with E-state index in [-0.39, 0.29) is 11.3 Å². The van der Waals surface area contributed by atoms with Crippen molar-refractivity contribution in [3.63, 3.8) is 0 Å². The number of hydrogen-bond donors (Lipinski definition) is 2. The Bertz CT molecular complexity index is 1370. The summed E-state index contributed by atoms with van der Waals surface area (Å²) in [5, 5.41) is 5.06. The van der Waals surface area contributed by atoms with Crippen molar-refractivity contribution in [2.75, 3.05) is 5.32 Å². The summed E-state index contributed by atoms with van der Waals surface area (Å²) in [5.74, 6) is -0.470. The molecule has 1 amide bonds. The minimum atomic E-state index is -3.91. The highest BCUT2D eigenvalue weighted by atomic mass is 127. The number of aromatic nitrogens is 1. The number of amides is 1. The molecule has 1 aromatic heterocycles. The molecule has 0 saturated heterocycles. The number of hydrogen-bond acceptors (Lipinski definition) is 5. The average Bonchev–Trinajstić information content (AvgIpc) is 3.28. The first-order valence-electron chi connectivity index (χ1n) is 10.5. The van der Waals surface area contributed by atoms with Crippen molar-refractivity contribution in [1.82, 2.24) is 9.71 Å². The van der Waals surface area contributed by atoms with Gasteiger partial charge in [0.25, 0.3) is 0 Å². The second kappa shape index (κ2) is 10.8. The van der Waals surface area contributed by atoms with Crippen molar-refractivity contribution in [2.45, 2.75) is 24.3 Å². The van der Waals surface area contributed by atoms with Crippen molar-refractivity contribution >= 4 is 55.0 Å². The van der Waals surface area contributed by atoms with Gasteiger partial charge in [-0.3, -0.25) is 4.79 Å². The molecule has 1 heterocycles. The summed E-state index contributed by atoms with van der Waals surface area (Å²) in [6, 6.07) is 22.7. The fourth-order valence-electron chi connectivity index (χ4n) is 3.29. The fraction of sp³-hybridized carbons (Fsp3) is 0.120. The molecule has 0 saturated carbocycles. The van der Waals surface area contributed by atoms with E-state index in [9.17, 15) is 13.2 Å². The molecule has 0 bridgehead atoms. The zero-order valence-electron chi connectivity index (χ0n) is 18.2. The lowest BCUT2D eigenvalue weighted by Gasteiger charge is -2.18. The van der Waals surface area contributed by atoms with Gasteiger partial charge >= 0.3 is 0 Å². The predicted octanol–water partition coefficient (Wildman–Crippen LogP) is 5.25. The third-order valence-corrected chi connectivity index (χ3v) is 8.07. The summed E-state index contributed by atoms with van der Waals surface area (Å²) >= 11 is 3.41. The third kappa shape index (κ3) is 6.29. The van der Waals surface area contributed by atoms with Gasteiger partial charge in [-0.05, 0) is 65.8 Å². The van der Waals surface area contributed by atoms with E-state index < -0.39 is 22.0 Å². The van der Waals surface area contributed by atoms with Crippen LogP contribution in [0.25, 0.3) is 11.3 Å². The van der Waals surface area contributed by atoms with Crippen LogP contribution in [-0.4, -0.2) is 25.4 Å². The Morgan fingerprint density at radius 3 is 2.35 bits per heavy atom. The maximum absolute atomic E-state index is 13.2. The molecule has 0 radical (unpaired) electrons. The van der Waals surface area contributed by atoms with Gasteiger partial charge in [-0.25, -0.2) is 13.4 Å². The second-order valence-corrected chi connectivity index (χ2v) is 11.5. The summed E-state index contributed by atoms with van der Waals surface area (Å²) in [7, 11) is -3.91. The number of benzene rings is 3. The van der Waals surface area contributed by atoms with Crippen molar-refractivity contribution in [1.29, 1.82) is 0 Å². The Balaban J connectivity index is 1.55. The molecule has 34 heavy (non-hydrogen) atoms. The van der Waals surface area contributed by atoms with Crippen LogP contribution in [0.3, 0.4) is 0 Å². The number of carbonyl (C=O) groups is 1. The molecular weight excluding hydrogens is 581 g/mol. The summed E-state index contributed by atoms with van der Waals surface area (Å²) < 4.78 is 29.5. The van der Waals surface area contributed by atoms with E-state index in [1.54, 1.807) is 12.1 Å². The van der Waals surface area contributed by atoms with Gasteiger partial charge < -0.3 is 5.32 Å². The number of anilines is 1. The van der Waals surface area contributed by atoms with Gasteiger partial charge in [-0.2, -0.15) is 4.72 Å². The second-order valence-electron chi connectivity index (χ2n) is 7.71. The molecule has 0 aliphatic heterocycles. The van der Waals surface area contributed by atoms with Crippen LogP contribution in [0.5, 0.6) is 0 Å². The van der Waals surface area contributed by atoms with Gasteiger partial charge in [-0.15, -0.1) is 11.3 Å². The SMILES string of the molecule is Cc1ccc(-c2csc(NC(=O)[C@@H](Cc3ccccc3)NS(=O)(=O)c3ccc(I)cc3)n2)cc1. The van der Waals surface area contributed by atoms with Crippen LogP contribution in [0.1, 0.15) is 11.1 Å². The summed E-state index contributed by atoms with van der Waals surface area (Å²) in [6.07, 6.45) is 0.201. The summed E-state index contributed by atoms with van der Waals surface area (Å²) in [6.45, 7) is 2.01. The molecule has 0 fully saturated rings. The first-order valence-corrected chi connectivity index (χ1v) is 13.9. The van der Waals surface area contributed by atoms with E-state index in [1.807, 2.05) is 66.9 Å². The molecule has 174 valence electrons. The van der Waals surface area contributed by atoms with E-state index in [2.05, 4.69) is 37.6 Å².